The molecule has 30 heavy (non-hydrogen) atoms. The van der Waals surface area contributed by atoms with Gasteiger partial charge in [0.15, 0.2) is 0 Å². The first-order chi connectivity index (χ1) is 13.9. The van der Waals surface area contributed by atoms with E-state index in [4.69, 9.17) is 11.6 Å². The van der Waals surface area contributed by atoms with Gasteiger partial charge in [-0.05, 0) is 30.3 Å². The Kier molecular flexibility index (Phi) is 5.94. The number of sulfonamides is 1. The van der Waals surface area contributed by atoms with Crippen molar-refractivity contribution in [3.05, 3.63) is 62.9 Å². The number of nitro groups is 1. The van der Waals surface area contributed by atoms with Crippen LogP contribution in [0.4, 0.5) is 28.9 Å². The summed E-state index contributed by atoms with van der Waals surface area (Å²) in [4.78, 5) is 11.2. The Hall–Kier alpha value is -2.44. The van der Waals surface area contributed by atoms with Crippen LogP contribution in [-0.4, -0.2) is 43.8 Å². The minimum Gasteiger partial charge on any atom is -0.363 e. The van der Waals surface area contributed by atoms with Gasteiger partial charge in [0.2, 0.25) is 10.0 Å². The van der Waals surface area contributed by atoms with E-state index in [2.05, 4.69) is 0 Å². The van der Waals surface area contributed by atoms with Crippen molar-refractivity contribution >= 4 is 33.0 Å². The summed E-state index contributed by atoms with van der Waals surface area (Å²) in [5.41, 5.74) is -1.94. The highest BCUT2D eigenvalue weighted by atomic mass is 35.5. The third-order valence-corrected chi connectivity index (χ3v) is 6.76. The topological polar surface area (TPSA) is 83.8 Å². The molecule has 0 radical (unpaired) electrons. The van der Waals surface area contributed by atoms with Gasteiger partial charge < -0.3 is 4.90 Å². The van der Waals surface area contributed by atoms with Gasteiger partial charge in [-0.1, -0.05) is 11.6 Å². The predicted octanol–water partition coefficient (Wildman–Crippen LogP) is 3.92. The van der Waals surface area contributed by atoms with Crippen LogP contribution >= 0.6 is 11.6 Å². The molecule has 0 saturated carbocycles. The van der Waals surface area contributed by atoms with Crippen LogP contribution in [0, 0.1) is 15.9 Å². The summed E-state index contributed by atoms with van der Waals surface area (Å²) < 4.78 is 79.0. The van der Waals surface area contributed by atoms with E-state index in [0.29, 0.717) is 6.07 Å². The molecule has 0 unspecified atom stereocenters. The molecular weight excluding hydrogens is 454 g/mol. The smallest absolute Gasteiger partial charge is 0.363 e. The van der Waals surface area contributed by atoms with Gasteiger partial charge in [-0.25, -0.2) is 12.8 Å². The summed E-state index contributed by atoms with van der Waals surface area (Å²) >= 11 is 5.64. The highest BCUT2D eigenvalue weighted by molar-refractivity contribution is 7.89. The molecule has 1 aliphatic rings. The summed E-state index contributed by atoms with van der Waals surface area (Å²) in [6.45, 7) is -0.327. The van der Waals surface area contributed by atoms with Crippen LogP contribution in [0.15, 0.2) is 41.3 Å². The van der Waals surface area contributed by atoms with Crippen LogP contribution in [-0.2, 0) is 16.2 Å². The average Bonchev–Trinajstić information content (AvgIpc) is 2.66. The van der Waals surface area contributed by atoms with Gasteiger partial charge in [0, 0.05) is 37.3 Å². The quantitative estimate of drug-likeness (QED) is 0.386. The minimum absolute atomic E-state index is 0.0271. The van der Waals surface area contributed by atoms with Gasteiger partial charge in [0.05, 0.1) is 10.5 Å². The fourth-order valence-electron chi connectivity index (χ4n) is 3.11. The molecule has 162 valence electrons. The van der Waals surface area contributed by atoms with Crippen LogP contribution in [0.1, 0.15) is 5.56 Å². The number of piperazine rings is 1. The fraction of sp³-hybridized carbons (Fsp3) is 0.294. The number of nitrogens with zero attached hydrogens (tertiary/aromatic N) is 3. The van der Waals surface area contributed by atoms with Crippen molar-refractivity contribution < 1.29 is 30.9 Å². The molecule has 0 bridgehead atoms. The Balaban J connectivity index is 1.82. The second-order valence-electron chi connectivity index (χ2n) is 6.42. The highest BCUT2D eigenvalue weighted by Gasteiger charge is 2.35. The van der Waals surface area contributed by atoms with Crippen LogP contribution in [0.5, 0.6) is 0 Å². The van der Waals surface area contributed by atoms with Crippen molar-refractivity contribution in [2.75, 3.05) is 31.1 Å². The van der Waals surface area contributed by atoms with E-state index >= 15 is 0 Å². The highest BCUT2D eigenvalue weighted by Crippen LogP contribution is 2.37. The summed E-state index contributed by atoms with van der Waals surface area (Å²) in [7, 11) is -4.18. The van der Waals surface area contributed by atoms with E-state index in [1.807, 2.05) is 0 Å². The van der Waals surface area contributed by atoms with E-state index in [0.717, 1.165) is 28.6 Å². The van der Waals surface area contributed by atoms with E-state index in [1.54, 1.807) is 0 Å². The molecule has 1 fully saturated rings. The standard InChI is InChI=1S/C17H14ClF4N3O4S/c18-12-2-4-16(13(19)10-12)30(28,29)24-7-5-23(6-8-24)14-3-1-11(17(20,21)22)9-15(14)25(26)27/h1-4,9-10H,5-8H2. The Morgan fingerprint density at radius 2 is 1.67 bits per heavy atom. The van der Waals surface area contributed by atoms with Crippen LogP contribution in [0.3, 0.4) is 0 Å². The average molecular weight is 468 g/mol. The zero-order valence-electron chi connectivity index (χ0n) is 15.1. The second kappa shape index (κ2) is 8.00. The van der Waals surface area contributed by atoms with Gasteiger partial charge in [-0.2, -0.15) is 17.5 Å². The van der Waals surface area contributed by atoms with Gasteiger partial charge in [-0.3, -0.25) is 10.1 Å². The van der Waals surface area contributed by atoms with Gasteiger partial charge >= 0.3 is 6.18 Å². The largest absolute Gasteiger partial charge is 0.416 e. The molecule has 2 aromatic carbocycles. The van der Waals surface area contributed by atoms with E-state index < -0.39 is 43.1 Å². The lowest BCUT2D eigenvalue weighted by Crippen LogP contribution is -2.49. The maximum atomic E-state index is 14.1. The number of hydrogen-bond donors (Lipinski definition) is 0. The molecule has 0 atom stereocenters. The van der Waals surface area contributed by atoms with Gasteiger partial charge in [-0.15, -0.1) is 0 Å². The molecule has 0 N–H and O–H groups in total. The molecule has 7 nitrogen and oxygen atoms in total. The number of alkyl halides is 3. The molecular formula is C17H14ClF4N3O4S. The second-order valence-corrected chi connectivity index (χ2v) is 8.77. The maximum absolute atomic E-state index is 14.1. The van der Waals surface area contributed by atoms with Crippen LogP contribution in [0.25, 0.3) is 0 Å². The van der Waals surface area contributed by atoms with Crippen molar-refractivity contribution in [3.63, 3.8) is 0 Å². The van der Waals surface area contributed by atoms with E-state index in [1.165, 1.54) is 11.0 Å². The van der Waals surface area contributed by atoms with Crippen molar-refractivity contribution in [1.29, 1.82) is 0 Å². The number of halogens is 5. The molecule has 0 aromatic heterocycles. The Morgan fingerprint density at radius 3 is 2.20 bits per heavy atom. The predicted molar refractivity (Wildman–Crippen MR) is 100 cm³/mol. The summed E-state index contributed by atoms with van der Waals surface area (Å²) in [6, 6.07) is 5.32. The van der Waals surface area contributed by atoms with Gasteiger partial charge in [0.1, 0.15) is 16.4 Å². The number of nitro benzene ring substituents is 1. The van der Waals surface area contributed by atoms with Crippen molar-refractivity contribution in [1.82, 2.24) is 4.31 Å². The zero-order chi connectivity index (χ0) is 22.3. The molecule has 2 aromatic rings. The first kappa shape index (κ1) is 22.2. The molecule has 1 saturated heterocycles. The summed E-state index contributed by atoms with van der Waals surface area (Å²) in [5.74, 6) is -1.01. The lowest BCUT2D eigenvalue weighted by atomic mass is 10.1. The van der Waals surface area contributed by atoms with Crippen LogP contribution < -0.4 is 4.90 Å². The molecule has 0 amide bonds. The molecule has 0 aliphatic carbocycles. The molecule has 0 spiro atoms. The van der Waals surface area contributed by atoms with Crippen molar-refractivity contribution in [3.8, 4) is 0 Å². The Morgan fingerprint density at radius 1 is 1.03 bits per heavy atom. The lowest BCUT2D eigenvalue weighted by molar-refractivity contribution is -0.384. The van der Waals surface area contributed by atoms with Gasteiger partial charge in [0.25, 0.3) is 5.69 Å². The SMILES string of the molecule is O=[N+]([O-])c1cc(C(F)(F)F)ccc1N1CCN(S(=O)(=O)c2ccc(Cl)cc2F)CC1. The molecule has 1 heterocycles. The monoisotopic (exact) mass is 467 g/mol. The Labute approximate surface area is 173 Å². The van der Waals surface area contributed by atoms with Crippen LogP contribution in [0.2, 0.25) is 5.02 Å². The zero-order valence-corrected chi connectivity index (χ0v) is 16.6. The summed E-state index contributed by atoms with van der Waals surface area (Å²) in [5, 5.41) is 11.3. The number of rotatable bonds is 4. The number of hydrogen-bond acceptors (Lipinski definition) is 5. The Bertz CT molecular complexity index is 1090. The third kappa shape index (κ3) is 4.35. The van der Waals surface area contributed by atoms with Crippen molar-refractivity contribution in [2.24, 2.45) is 0 Å². The third-order valence-electron chi connectivity index (χ3n) is 4.59. The number of anilines is 1. The first-order valence-corrected chi connectivity index (χ1v) is 10.3. The minimum atomic E-state index is -4.74. The van der Waals surface area contributed by atoms with E-state index in [-0.39, 0.29) is 36.9 Å². The normalized spacial score (nSPS) is 16.0. The van der Waals surface area contributed by atoms with E-state index in [9.17, 15) is 36.1 Å². The number of benzene rings is 2. The fourth-order valence-corrected chi connectivity index (χ4v) is 4.73. The van der Waals surface area contributed by atoms with Crippen molar-refractivity contribution in [2.45, 2.75) is 11.1 Å². The molecule has 3 rings (SSSR count). The molecule has 13 heteroatoms. The lowest BCUT2D eigenvalue weighted by Gasteiger charge is -2.35. The maximum Gasteiger partial charge on any atom is 0.416 e. The molecule has 1 aliphatic heterocycles. The summed E-state index contributed by atoms with van der Waals surface area (Å²) in [6.07, 6.45) is -4.74. The first-order valence-electron chi connectivity index (χ1n) is 8.47.